The van der Waals surface area contributed by atoms with Crippen molar-refractivity contribution in [2.45, 2.75) is 20.0 Å². The van der Waals surface area contributed by atoms with Gasteiger partial charge in [0.05, 0.1) is 25.0 Å². The first-order valence-electron chi connectivity index (χ1n) is 11.4. The number of rotatable bonds is 9. The molecule has 6 heteroatoms. The summed E-state index contributed by atoms with van der Waals surface area (Å²) in [4.78, 5) is 16.7. The molecule has 0 heterocycles. The molecule has 0 spiro atoms. The number of carbonyl (C=O) groups is 1. The van der Waals surface area contributed by atoms with Crippen molar-refractivity contribution in [2.24, 2.45) is 4.99 Å². The molecule has 3 aromatic carbocycles. The predicted molar refractivity (Wildman–Crippen MR) is 142 cm³/mol. The normalized spacial score (nSPS) is 11.0. The number of terminal acetylenes is 1. The maximum Gasteiger partial charge on any atom is 0.254 e. The van der Waals surface area contributed by atoms with Crippen LogP contribution in [0.5, 0.6) is 0 Å². The molecule has 1 N–H and O–H groups in total. The Labute approximate surface area is 211 Å². The van der Waals surface area contributed by atoms with E-state index in [1.165, 1.54) is 19.2 Å². The SMILES string of the molecule is C#CCCNC(=O)c1ccc(C(=C)N=C(OC)c2ccc(-c3ccccc3C)c(COC)c2)cc1F. The Morgan fingerprint density at radius 3 is 2.50 bits per heavy atom. The molecule has 0 aliphatic carbocycles. The predicted octanol–water partition coefficient (Wildman–Crippen LogP) is 5.76. The van der Waals surface area contributed by atoms with Gasteiger partial charge in [-0.3, -0.25) is 4.79 Å². The third-order valence-electron chi connectivity index (χ3n) is 5.62. The van der Waals surface area contributed by atoms with Gasteiger partial charge in [0, 0.05) is 31.2 Å². The van der Waals surface area contributed by atoms with Crippen LogP contribution in [0.15, 0.2) is 72.2 Å². The van der Waals surface area contributed by atoms with Crippen molar-refractivity contribution >= 4 is 17.5 Å². The molecule has 0 aromatic heterocycles. The third kappa shape index (κ3) is 6.26. The number of hydrogen-bond donors (Lipinski definition) is 1. The number of aryl methyl sites for hydroxylation is 1. The van der Waals surface area contributed by atoms with Crippen LogP contribution in [0.1, 0.15) is 39.0 Å². The van der Waals surface area contributed by atoms with E-state index in [1.54, 1.807) is 13.2 Å². The van der Waals surface area contributed by atoms with Crippen molar-refractivity contribution in [3.63, 3.8) is 0 Å². The van der Waals surface area contributed by atoms with Crippen LogP contribution >= 0.6 is 0 Å². The van der Waals surface area contributed by atoms with E-state index in [9.17, 15) is 9.18 Å². The topological polar surface area (TPSA) is 59.9 Å². The highest BCUT2D eigenvalue weighted by Gasteiger charge is 2.15. The van der Waals surface area contributed by atoms with Crippen molar-refractivity contribution in [1.29, 1.82) is 0 Å². The largest absolute Gasteiger partial charge is 0.481 e. The zero-order valence-electron chi connectivity index (χ0n) is 20.7. The highest BCUT2D eigenvalue weighted by atomic mass is 19.1. The Kier molecular flexibility index (Phi) is 9.15. The molecule has 0 aliphatic heterocycles. The summed E-state index contributed by atoms with van der Waals surface area (Å²) < 4.78 is 25.6. The summed E-state index contributed by atoms with van der Waals surface area (Å²) in [5.41, 5.74) is 5.69. The molecule has 0 aliphatic rings. The first kappa shape index (κ1) is 26.4. The summed E-state index contributed by atoms with van der Waals surface area (Å²) in [6.07, 6.45) is 5.55. The van der Waals surface area contributed by atoms with Crippen LogP contribution in [0.4, 0.5) is 4.39 Å². The van der Waals surface area contributed by atoms with Gasteiger partial charge >= 0.3 is 0 Å². The smallest absolute Gasteiger partial charge is 0.254 e. The van der Waals surface area contributed by atoms with Crippen molar-refractivity contribution in [3.8, 4) is 23.5 Å². The first-order valence-corrected chi connectivity index (χ1v) is 11.4. The van der Waals surface area contributed by atoms with Crippen molar-refractivity contribution < 1.29 is 18.7 Å². The van der Waals surface area contributed by atoms with Crippen LogP contribution < -0.4 is 5.32 Å². The second-order valence-electron chi connectivity index (χ2n) is 8.09. The van der Waals surface area contributed by atoms with Crippen LogP contribution in [0, 0.1) is 25.1 Å². The lowest BCUT2D eigenvalue weighted by Crippen LogP contribution is -2.25. The average Bonchev–Trinajstić information content (AvgIpc) is 2.87. The number of halogens is 1. The zero-order valence-corrected chi connectivity index (χ0v) is 20.7. The minimum absolute atomic E-state index is 0.0736. The van der Waals surface area contributed by atoms with E-state index < -0.39 is 11.7 Å². The molecule has 5 nitrogen and oxygen atoms in total. The minimum atomic E-state index is -0.675. The highest BCUT2D eigenvalue weighted by molar-refractivity contribution is 5.98. The first-order chi connectivity index (χ1) is 17.4. The van der Waals surface area contributed by atoms with Crippen LogP contribution in [-0.4, -0.2) is 32.6 Å². The summed E-state index contributed by atoms with van der Waals surface area (Å²) in [5.74, 6) is 1.54. The molecule has 0 radical (unpaired) electrons. The average molecular weight is 485 g/mol. The van der Waals surface area contributed by atoms with Gasteiger partial charge in [-0.25, -0.2) is 9.38 Å². The van der Waals surface area contributed by atoms with Crippen molar-refractivity contribution in [2.75, 3.05) is 20.8 Å². The van der Waals surface area contributed by atoms with Gasteiger partial charge in [-0.05, 0) is 53.4 Å². The molecule has 0 saturated heterocycles. The van der Waals surface area contributed by atoms with Gasteiger partial charge in [0.25, 0.3) is 5.91 Å². The molecular formula is C30H29FN2O3. The van der Waals surface area contributed by atoms with E-state index in [-0.39, 0.29) is 12.1 Å². The molecule has 0 bridgehead atoms. The lowest BCUT2D eigenvalue weighted by molar-refractivity contribution is 0.0950. The maximum absolute atomic E-state index is 14.7. The fourth-order valence-electron chi connectivity index (χ4n) is 3.78. The van der Waals surface area contributed by atoms with E-state index in [2.05, 4.69) is 41.9 Å². The van der Waals surface area contributed by atoms with Crippen LogP contribution in [0.2, 0.25) is 0 Å². The summed E-state index contributed by atoms with van der Waals surface area (Å²) >= 11 is 0. The molecule has 3 aromatic rings. The lowest BCUT2D eigenvalue weighted by Gasteiger charge is -2.14. The number of carbonyl (C=O) groups excluding carboxylic acids is 1. The number of aliphatic imine (C=N–C) groups is 1. The molecule has 0 atom stereocenters. The molecular weight excluding hydrogens is 455 g/mol. The van der Waals surface area contributed by atoms with Gasteiger partial charge in [0.1, 0.15) is 5.82 Å². The van der Waals surface area contributed by atoms with Crippen LogP contribution in [0.25, 0.3) is 16.8 Å². The molecule has 3 rings (SSSR count). The lowest BCUT2D eigenvalue weighted by atomic mass is 9.94. The number of nitrogens with one attached hydrogen (secondary N) is 1. The Bertz CT molecular complexity index is 1340. The summed E-state index contributed by atoms with van der Waals surface area (Å²) in [7, 11) is 3.16. The van der Waals surface area contributed by atoms with Gasteiger partial charge in [-0.1, -0.05) is 43.0 Å². The Morgan fingerprint density at radius 2 is 1.83 bits per heavy atom. The van der Waals surface area contributed by atoms with Gasteiger partial charge in [-0.15, -0.1) is 12.3 Å². The Balaban J connectivity index is 1.89. The number of amides is 1. The molecule has 36 heavy (non-hydrogen) atoms. The quantitative estimate of drug-likeness (QED) is 0.182. The van der Waals surface area contributed by atoms with E-state index >= 15 is 0 Å². The number of ether oxygens (including phenoxy) is 2. The van der Waals surface area contributed by atoms with E-state index in [1.807, 2.05) is 30.3 Å². The molecule has 184 valence electrons. The van der Waals surface area contributed by atoms with Gasteiger partial charge in [0.15, 0.2) is 0 Å². The van der Waals surface area contributed by atoms with E-state index in [0.29, 0.717) is 30.2 Å². The van der Waals surface area contributed by atoms with Crippen molar-refractivity contribution in [1.82, 2.24) is 5.32 Å². The fourth-order valence-corrected chi connectivity index (χ4v) is 3.78. The Hall–Kier alpha value is -4.21. The maximum atomic E-state index is 14.7. The summed E-state index contributed by atoms with van der Waals surface area (Å²) in [6.45, 7) is 6.72. The van der Waals surface area contributed by atoms with Gasteiger partial charge in [-0.2, -0.15) is 0 Å². The van der Waals surface area contributed by atoms with E-state index in [0.717, 1.165) is 27.8 Å². The summed E-state index contributed by atoms with van der Waals surface area (Å²) in [6, 6.07) is 18.3. The molecule has 0 unspecified atom stereocenters. The molecule has 1 amide bonds. The monoisotopic (exact) mass is 484 g/mol. The minimum Gasteiger partial charge on any atom is -0.481 e. The van der Waals surface area contributed by atoms with Gasteiger partial charge in [0.2, 0.25) is 5.90 Å². The second kappa shape index (κ2) is 12.5. The van der Waals surface area contributed by atoms with Crippen LogP contribution in [-0.2, 0) is 16.1 Å². The second-order valence-corrected chi connectivity index (χ2v) is 8.09. The van der Waals surface area contributed by atoms with Crippen LogP contribution in [0.3, 0.4) is 0 Å². The van der Waals surface area contributed by atoms with Crippen molar-refractivity contribution in [3.05, 3.63) is 101 Å². The number of methoxy groups -OCH3 is 2. The third-order valence-corrected chi connectivity index (χ3v) is 5.62. The number of hydrogen-bond acceptors (Lipinski definition) is 4. The Morgan fingerprint density at radius 1 is 1.08 bits per heavy atom. The van der Waals surface area contributed by atoms with E-state index in [4.69, 9.17) is 15.9 Å². The molecule has 0 saturated carbocycles. The fraction of sp³-hybridized carbons (Fsp3) is 0.200. The number of benzene rings is 3. The number of nitrogens with zero attached hydrogens (tertiary/aromatic N) is 1. The molecule has 0 fully saturated rings. The highest BCUT2D eigenvalue weighted by Crippen LogP contribution is 2.29. The van der Waals surface area contributed by atoms with Gasteiger partial charge < -0.3 is 14.8 Å². The zero-order chi connectivity index (χ0) is 26.1. The summed E-state index contributed by atoms with van der Waals surface area (Å²) in [5, 5.41) is 2.59. The standard InChI is InChI=1S/C30H29FN2O3/c1-6-7-16-32-29(34)27-15-12-22(18-28(27)31)21(3)33-30(36-5)23-13-14-26(24(17-23)19-35-4)25-11-9-8-10-20(25)2/h1,8-15,17-18H,3,7,16,19H2,2,4-5H3,(H,32,34).